The minimum Gasteiger partial charge on any atom is -0.382 e. The molecule has 0 unspecified atom stereocenters. The second-order valence-electron chi connectivity index (χ2n) is 5.23. The van der Waals surface area contributed by atoms with E-state index in [9.17, 15) is 4.79 Å². The molecule has 1 saturated heterocycles. The molecule has 3 rings (SSSR count). The zero-order chi connectivity index (χ0) is 14.7. The van der Waals surface area contributed by atoms with Gasteiger partial charge in [-0.25, -0.2) is 0 Å². The molecule has 2 aliphatic heterocycles. The SMILES string of the molecule is O=C(NC[C@H]1CCCO1)[C@H]1CC(c2cccc(Br)c2)=NO1. The molecule has 2 heterocycles. The molecule has 0 aliphatic carbocycles. The molecule has 2 atom stereocenters. The van der Waals surface area contributed by atoms with Crippen LogP contribution in [-0.4, -0.2) is 37.0 Å². The summed E-state index contributed by atoms with van der Waals surface area (Å²) in [6.45, 7) is 1.33. The number of nitrogens with one attached hydrogen (secondary N) is 1. The number of halogens is 1. The second kappa shape index (κ2) is 6.58. The smallest absolute Gasteiger partial charge is 0.264 e. The third-order valence-corrected chi connectivity index (χ3v) is 4.14. The molecule has 0 saturated carbocycles. The Kier molecular flexibility index (Phi) is 4.55. The minimum atomic E-state index is -0.541. The lowest BCUT2D eigenvalue weighted by atomic mass is 10.0. The predicted molar refractivity (Wildman–Crippen MR) is 82.2 cm³/mol. The third kappa shape index (κ3) is 3.63. The van der Waals surface area contributed by atoms with Gasteiger partial charge in [-0.05, 0) is 25.0 Å². The van der Waals surface area contributed by atoms with Crippen molar-refractivity contribution in [2.24, 2.45) is 5.16 Å². The number of carbonyl (C=O) groups is 1. The average molecular weight is 353 g/mol. The van der Waals surface area contributed by atoms with E-state index in [-0.39, 0.29) is 12.0 Å². The molecule has 0 spiro atoms. The highest BCUT2D eigenvalue weighted by atomic mass is 79.9. The van der Waals surface area contributed by atoms with Crippen molar-refractivity contribution in [3.8, 4) is 0 Å². The van der Waals surface area contributed by atoms with E-state index in [2.05, 4.69) is 26.4 Å². The van der Waals surface area contributed by atoms with Crippen molar-refractivity contribution in [2.75, 3.05) is 13.2 Å². The molecule has 0 aromatic heterocycles. The van der Waals surface area contributed by atoms with Crippen LogP contribution in [0.3, 0.4) is 0 Å². The van der Waals surface area contributed by atoms with E-state index in [1.165, 1.54) is 0 Å². The molecule has 1 amide bonds. The monoisotopic (exact) mass is 352 g/mol. The maximum absolute atomic E-state index is 12.1. The Bertz CT molecular complexity index is 556. The fourth-order valence-electron chi connectivity index (χ4n) is 2.49. The number of hydrogen-bond donors (Lipinski definition) is 1. The molecule has 112 valence electrons. The van der Waals surface area contributed by atoms with Gasteiger partial charge in [-0.2, -0.15) is 0 Å². The maximum atomic E-state index is 12.1. The number of carbonyl (C=O) groups excluding carboxylic acids is 1. The van der Waals surface area contributed by atoms with Gasteiger partial charge in [0, 0.05) is 29.6 Å². The van der Waals surface area contributed by atoms with Crippen LogP contribution in [-0.2, 0) is 14.4 Å². The highest BCUT2D eigenvalue weighted by Crippen LogP contribution is 2.20. The summed E-state index contributed by atoms with van der Waals surface area (Å²) in [5.41, 5.74) is 1.77. The van der Waals surface area contributed by atoms with Gasteiger partial charge in [-0.1, -0.05) is 33.2 Å². The van der Waals surface area contributed by atoms with Crippen LogP contribution in [0.4, 0.5) is 0 Å². The molecule has 6 heteroatoms. The minimum absolute atomic E-state index is 0.126. The Hall–Kier alpha value is -1.40. The molecule has 5 nitrogen and oxygen atoms in total. The number of ether oxygens (including phenoxy) is 1. The summed E-state index contributed by atoms with van der Waals surface area (Å²) < 4.78 is 6.46. The number of rotatable bonds is 4. The van der Waals surface area contributed by atoms with Crippen LogP contribution in [0.5, 0.6) is 0 Å². The summed E-state index contributed by atoms with van der Waals surface area (Å²) in [5.74, 6) is -0.126. The summed E-state index contributed by atoms with van der Waals surface area (Å²) >= 11 is 3.43. The Morgan fingerprint density at radius 3 is 3.14 bits per heavy atom. The average Bonchev–Trinajstić information content (AvgIpc) is 3.16. The lowest BCUT2D eigenvalue weighted by Gasteiger charge is -2.13. The van der Waals surface area contributed by atoms with Gasteiger partial charge in [0.25, 0.3) is 5.91 Å². The fourth-order valence-corrected chi connectivity index (χ4v) is 2.89. The number of benzene rings is 1. The van der Waals surface area contributed by atoms with Crippen molar-refractivity contribution >= 4 is 27.5 Å². The van der Waals surface area contributed by atoms with E-state index in [1.54, 1.807) is 0 Å². The van der Waals surface area contributed by atoms with Gasteiger partial charge in [0.15, 0.2) is 0 Å². The first-order valence-electron chi connectivity index (χ1n) is 7.10. The third-order valence-electron chi connectivity index (χ3n) is 3.65. The fraction of sp³-hybridized carbons (Fsp3) is 0.467. The van der Waals surface area contributed by atoms with Gasteiger partial charge in [0.05, 0.1) is 11.8 Å². The Morgan fingerprint density at radius 1 is 1.48 bits per heavy atom. The Balaban J connectivity index is 1.52. The quantitative estimate of drug-likeness (QED) is 0.903. The van der Waals surface area contributed by atoms with Crippen LogP contribution in [0.2, 0.25) is 0 Å². The van der Waals surface area contributed by atoms with Crippen molar-refractivity contribution in [3.05, 3.63) is 34.3 Å². The normalized spacial score (nSPS) is 24.5. The number of amides is 1. The van der Waals surface area contributed by atoms with E-state index >= 15 is 0 Å². The van der Waals surface area contributed by atoms with E-state index < -0.39 is 6.10 Å². The van der Waals surface area contributed by atoms with Gasteiger partial charge in [-0.15, -0.1) is 0 Å². The Morgan fingerprint density at radius 2 is 2.38 bits per heavy atom. The van der Waals surface area contributed by atoms with E-state index in [0.29, 0.717) is 13.0 Å². The highest BCUT2D eigenvalue weighted by Gasteiger charge is 2.29. The van der Waals surface area contributed by atoms with E-state index in [0.717, 1.165) is 35.2 Å². The number of oxime groups is 1. The van der Waals surface area contributed by atoms with Crippen LogP contribution in [0, 0.1) is 0 Å². The molecular weight excluding hydrogens is 336 g/mol. The summed E-state index contributed by atoms with van der Waals surface area (Å²) in [4.78, 5) is 17.3. The number of hydrogen-bond acceptors (Lipinski definition) is 4. The maximum Gasteiger partial charge on any atom is 0.264 e. The summed E-state index contributed by atoms with van der Waals surface area (Å²) in [5, 5.41) is 6.91. The van der Waals surface area contributed by atoms with Crippen LogP contribution in [0.15, 0.2) is 33.9 Å². The molecule has 1 aromatic rings. The zero-order valence-corrected chi connectivity index (χ0v) is 13.1. The first-order chi connectivity index (χ1) is 10.2. The summed E-state index contributed by atoms with van der Waals surface area (Å²) in [7, 11) is 0. The lowest BCUT2D eigenvalue weighted by Crippen LogP contribution is -2.39. The standard InChI is InChI=1S/C15H17BrN2O3/c16-11-4-1-3-10(7-11)13-8-14(21-18-13)15(19)17-9-12-5-2-6-20-12/h1,3-4,7,12,14H,2,5-6,8-9H2,(H,17,19)/t12-,14-/m1/s1. The van der Waals surface area contributed by atoms with Crippen LogP contribution in [0.25, 0.3) is 0 Å². The van der Waals surface area contributed by atoms with E-state index in [4.69, 9.17) is 9.57 Å². The molecular formula is C15H17BrN2O3. The van der Waals surface area contributed by atoms with Crippen molar-refractivity contribution in [2.45, 2.75) is 31.5 Å². The first kappa shape index (κ1) is 14.5. The largest absolute Gasteiger partial charge is 0.382 e. The molecule has 1 N–H and O–H groups in total. The number of nitrogens with zero attached hydrogens (tertiary/aromatic N) is 1. The summed E-state index contributed by atoms with van der Waals surface area (Å²) in [6, 6.07) is 7.81. The molecule has 1 fully saturated rings. The molecule has 2 aliphatic rings. The van der Waals surface area contributed by atoms with Gasteiger partial charge in [0.2, 0.25) is 6.10 Å². The van der Waals surface area contributed by atoms with E-state index in [1.807, 2.05) is 24.3 Å². The lowest BCUT2D eigenvalue weighted by molar-refractivity contribution is -0.131. The van der Waals surface area contributed by atoms with Crippen LogP contribution < -0.4 is 5.32 Å². The predicted octanol–water partition coefficient (Wildman–Crippen LogP) is 2.24. The van der Waals surface area contributed by atoms with Gasteiger partial charge < -0.3 is 14.9 Å². The van der Waals surface area contributed by atoms with Crippen LogP contribution >= 0.6 is 15.9 Å². The van der Waals surface area contributed by atoms with Crippen LogP contribution in [0.1, 0.15) is 24.8 Å². The zero-order valence-electron chi connectivity index (χ0n) is 11.5. The Labute approximate surface area is 131 Å². The van der Waals surface area contributed by atoms with Crippen molar-refractivity contribution in [1.82, 2.24) is 5.32 Å². The van der Waals surface area contributed by atoms with Gasteiger partial charge in [-0.3, -0.25) is 4.79 Å². The molecule has 0 bridgehead atoms. The topological polar surface area (TPSA) is 59.9 Å². The molecule has 0 radical (unpaired) electrons. The van der Waals surface area contributed by atoms with Gasteiger partial charge >= 0.3 is 0 Å². The van der Waals surface area contributed by atoms with Crippen molar-refractivity contribution < 1.29 is 14.4 Å². The highest BCUT2D eigenvalue weighted by molar-refractivity contribution is 9.10. The van der Waals surface area contributed by atoms with Crippen molar-refractivity contribution in [3.63, 3.8) is 0 Å². The second-order valence-corrected chi connectivity index (χ2v) is 6.14. The van der Waals surface area contributed by atoms with Crippen molar-refractivity contribution in [1.29, 1.82) is 0 Å². The molecule has 1 aromatic carbocycles. The first-order valence-corrected chi connectivity index (χ1v) is 7.89. The summed E-state index contributed by atoms with van der Waals surface area (Å²) in [6.07, 6.45) is 2.16. The molecule has 21 heavy (non-hydrogen) atoms. The van der Waals surface area contributed by atoms with Gasteiger partial charge in [0.1, 0.15) is 0 Å².